The summed E-state index contributed by atoms with van der Waals surface area (Å²) in [4.78, 5) is 6.45. The van der Waals surface area contributed by atoms with Gasteiger partial charge >= 0.3 is 6.18 Å². The Bertz CT molecular complexity index is 866. The van der Waals surface area contributed by atoms with Crippen molar-refractivity contribution in [3.63, 3.8) is 0 Å². The van der Waals surface area contributed by atoms with E-state index in [0.717, 1.165) is 31.0 Å². The lowest BCUT2D eigenvalue weighted by Gasteiger charge is -2.26. The molecule has 0 bridgehead atoms. The number of halogens is 3. The molecular weight excluding hydrogens is 335 g/mol. The molecule has 0 spiro atoms. The first kappa shape index (κ1) is 15.8. The topological polar surface area (TPSA) is 64.7 Å². The Balaban J connectivity index is 1.53. The van der Waals surface area contributed by atoms with Gasteiger partial charge in [-0.1, -0.05) is 0 Å². The van der Waals surface area contributed by atoms with Gasteiger partial charge in [0.05, 0.1) is 24.3 Å². The molecule has 0 fully saturated rings. The molecule has 130 valence electrons. The summed E-state index contributed by atoms with van der Waals surface area (Å²) in [5.41, 5.74) is -0.208. The summed E-state index contributed by atoms with van der Waals surface area (Å²) in [5, 5.41) is 11.6. The van der Waals surface area contributed by atoms with Crippen LogP contribution in [0.4, 0.5) is 13.2 Å². The predicted octanol–water partition coefficient (Wildman–Crippen LogP) is 1.89. The SMILES string of the molecule is FC(F)(F)c1ccc(-n2nnnc2CN2CCn3ccnc3C2)cc1. The molecule has 0 radical (unpaired) electrons. The molecule has 0 atom stereocenters. The molecule has 1 aliphatic heterocycles. The van der Waals surface area contributed by atoms with Crippen LogP contribution in [0.1, 0.15) is 17.2 Å². The zero-order valence-corrected chi connectivity index (χ0v) is 13.1. The third-order valence-corrected chi connectivity index (χ3v) is 4.16. The summed E-state index contributed by atoms with van der Waals surface area (Å²) in [6.45, 7) is 2.81. The number of fused-ring (bicyclic) bond motifs is 1. The summed E-state index contributed by atoms with van der Waals surface area (Å²) in [7, 11) is 0. The van der Waals surface area contributed by atoms with E-state index in [-0.39, 0.29) is 0 Å². The van der Waals surface area contributed by atoms with Crippen molar-refractivity contribution in [1.29, 1.82) is 0 Å². The highest BCUT2D eigenvalue weighted by atomic mass is 19.4. The molecule has 0 N–H and O–H groups in total. The van der Waals surface area contributed by atoms with Crippen LogP contribution in [0.5, 0.6) is 0 Å². The van der Waals surface area contributed by atoms with Crippen LogP contribution < -0.4 is 0 Å². The summed E-state index contributed by atoms with van der Waals surface area (Å²) in [6.07, 6.45) is -0.651. The van der Waals surface area contributed by atoms with E-state index in [2.05, 4.69) is 30.0 Å². The lowest BCUT2D eigenvalue weighted by atomic mass is 10.2. The molecule has 0 unspecified atom stereocenters. The molecule has 3 heterocycles. The molecule has 2 aromatic heterocycles. The van der Waals surface area contributed by atoms with Crippen LogP contribution in [-0.4, -0.2) is 41.2 Å². The maximum atomic E-state index is 12.7. The number of hydrogen-bond donors (Lipinski definition) is 0. The Morgan fingerprint density at radius 3 is 2.64 bits per heavy atom. The van der Waals surface area contributed by atoms with Gasteiger partial charge < -0.3 is 4.57 Å². The van der Waals surface area contributed by atoms with Crippen molar-refractivity contribution in [2.45, 2.75) is 25.8 Å². The van der Waals surface area contributed by atoms with Crippen molar-refractivity contribution < 1.29 is 13.2 Å². The Labute approximate surface area is 140 Å². The van der Waals surface area contributed by atoms with E-state index >= 15 is 0 Å². The zero-order valence-electron chi connectivity index (χ0n) is 13.1. The molecule has 1 aromatic carbocycles. The highest BCUT2D eigenvalue weighted by Gasteiger charge is 2.30. The molecule has 25 heavy (non-hydrogen) atoms. The Morgan fingerprint density at radius 2 is 1.88 bits per heavy atom. The van der Waals surface area contributed by atoms with Crippen molar-refractivity contribution in [2.75, 3.05) is 6.54 Å². The van der Waals surface area contributed by atoms with Gasteiger partial charge in [-0.05, 0) is 34.7 Å². The summed E-state index contributed by atoms with van der Waals surface area (Å²) in [5.74, 6) is 1.54. The average Bonchev–Trinajstić information content (AvgIpc) is 3.23. The van der Waals surface area contributed by atoms with Crippen LogP contribution in [0.2, 0.25) is 0 Å². The number of imidazole rings is 1. The molecule has 0 saturated carbocycles. The van der Waals surface area contributed by atoms with Crippen molar-refractivity contribution in [3.05, 3.63) is 53.9 Å². The normalized spacial score (nSPS) is 15.3. The van der Waals surface area contributed by atoms with Crippen LogP contribution in [0.15, 0.2) is 36.7 Å². The largest absolute Gasteiger partial charge is 0.416 e. The second-order valence-corrected chi connectivity index (χ2v) is 5.80. The van der Waals surface area contributed by atoms with Gasteiger partial charge in [-0.3, -0.25) is 4.90 Å². The van der Waals surface area contributed by atoms with Crippen LogP contribution in [0.25, 0.3) is 5.69 Å². The van der Waals surface area contributed by atoms with Crippen molar-refractivity contribution in [3.8, 4) is 5.69 Å². The van der Waals surface area contributed by atoms with Gasteiger partial charge in [0.1, 0.15) is 5.82 Å². The van der Waals surface area contributed by atoms with Crippen molar-refractivity contribution in [2.24, 2.45) is 0 Å². The minimum atomic E-state index is -4.36. The second-order valence-electron chi connectivity index (χ2n) is 5.80. The Morgan fingerprint density at radius 1 is 1.08 bits per heavy atom. The lowest BCUT2D eigenvalue weighted by Crippen LogP contribution is -2.34. The van der Waals surface area contributed by atoms with Gasteiger partial charge in [0, 0.05) is 25.5 Å². The fourth-order valence-corrected chi connectivity index (χ4v) is 2.85. The quantitative estimate of drug-likeness (QED) is 0.723. The van der Waals surface area contributed by atoms with E-state index in [1.54, 1.807) is 6.20 Å². The standard InChI is InChI=1S/C15H14F3N7/c16-15(17,18)11-1-3-12(4-2-11)25-14(20-21-22-25)10-23-7-8-24-6-5-19-13(24)9-23/h1-6H,7-10H2. The first-order valence-electron chi connectivity index (χ1n) is 7.68. The van der Waals surface area contributed by atoms with Gasteiger partial charge in [-0.15, -0.1) is 5.10 Å². The number of aromatic nitrogens is 6. The highest BCUT2D eigenvalue weighted by molar-refractivity contribution is 5.35. The number of alkyl halides is 3. The Kier molecular flexibility index (Phi) is 3.75. The first-order valence-corrected chi connectivity index (χ1v) is 7.68. The fraction of sp³-hybridized carbons (Fsp3) is 0.333. The van der Waals surface area contributed by atoms with Gasteiger partial charge in [0.15, 0.2) is 5.82 Å². The van der Waals surface area contributed by atoms with Crippen molar-refractivity contribution >= 4 is 0 Å². The number of nitrogens with zero attached hydrogens (tertiary/aromatic N) is 7. The highest BCUT2D eigenvalue weighted by Crippen LogP contribution is 2.29. The summed E-state index contributed by atoms with van der Waals surface area (Å²) >= 11 is 0. The third-order valence-electron chi connectivity index (χ3n) is 4.16. The minimum absolute atomic E-state index is 0.487. The molecule has 4 rings (SSSR count). The van der Waals surface area contributed by atoms with E-state index in [9.17, 15) is 13.2 Å². The van der Waals surface area contributed by atoms with Crippen LogP contribution in [-0.2, 0) is 25.8 Å². The number of benzene rings is 1. The molecule has 1 aliphatic rings. The molecule has 7 nitrogen and oxygen atoms in total. The smallest absolute Gasteiger partial charge is 0.333 e. The van der Waals surface area contributed by atoms with E-state index in [0.29, 0.717) is 24.6 Å². The van der Waals surface area contributed by atoms with Gasteiger partial charge in [-0.25, -0.2) is 4.98 Å². The zero-order chi connectivity index (χ0) is 17.4. The van der Waals surface area contributed by atoms with E-state index in [1.807, 2.05) is 6.20 Å². The van der Waals surface area contributed by atoms with E-state index in [1.165, 1.54) is 16.8 Å². The monoisotopic (exact) mass is 349 g/mol. The molecule has 0 saturated heterocycles. The van der Waals surface area contributed by atoms with E-state index in [4.69, 9.17) is 0 Å². The maximum absolute atomic E-state index is 12.7. The molecule has 0 aliphatic carbocycles. The van der Waals surface area contributed by atoms with E-state index < -0.39 is 11.7 Å². The third kappa shape index (κ3) is 3.12. The fourth-order valence-electron chi connectivity index (χ4n) is 2.85. The molecular formula is C15H14F3N7. The lowest BCUT2D eigenvalue weighted by molar-refractivity contribution is -0.137. The minimum Gasteiger partial charge on any atom is -0.333 e. The Hall–Kier alpha value is -2.75. The van der Waals surface area contributed by atoms with Crippen LogP contribution >= 0.6 is 0 Å². The van der Waals surface area contributed by atoms with Crippen LogP contribution in [0.3, 0.4) is 0 Å². The number of tetrazole rings is 1. The molecule has 0 amide bonds. The number of hydrogen-bond acceptors (Lipinski definition) is 5. The summed E-state index contributed by atoms with van der Waals surface area (Å²) < 4.78 is 41.6. The van der Waals surface area contributed by atoms with Gasteiger partial charge in [0.25, 0.3) is 0 Å². The maximum Gasteiger partial charge on any atom is 0.416 e. The van der Waals surface area contributed by atoms with Crippen molar-refractivity contribution in [1.82, 2.24) is 34.7 Å². The summed E-state index contributed by atoms with van der Waals surface area (Å²) in [6, 6.07) is 4.79. The van der Waals surface area contributed by atoms with Crippen LogP contribution in [0, 0.1) is 0 Å². The first-order chi connectivity index (χ1) is 12.0. The predicted molar refractivity (Wildman–Crippen MR) is 80.5 cm³/mol. The van der Waals surface area contributed by atoms with Gasteiger partial charge in [-0.2, -0.15) is 17.9 Å². The average molecular weight is 349 g/mol. The molecule has 10 heteroatoms. The van der Waals surface area contributed by atoms with Gasteiger partial charge in [0.2, 0.25) is 0 Å². The second kappa shape index (κ2) is 5.96. The molecule has 3 aromatic rings. The number of rotatable bonds is 3.